The summed E-state index contributed by atoms with van der Waals surface area (Å²) in [5.41, 5.74) is 5.83. The summed E-state index contributed by atoms with van der Waals surface area (Å²) in [6, 6.07) is 7.09. The van der Waals surface area contributed by atoms with Crippen LogP contribution >= 0.6 is 0 Å². The lowest BCUT2D eigenvalue weighted by atomic mass is 10.1. The van der Waals surface area contributed by atoms with Crippen molar-refractivity contribution in [2.75, 3.05) is 32.1 Å². The molecule has 1 fully saturated rings. The Balaban J connectivity index is 1.70. The maximum atomic E-state index is 12.3. The highest BCUT2D eigenvalue weighted by molar-refractivity contribution is 5.90. The average Bonchev–Trinajstić information content (AvgIpc) is 3.09. The first-order chi connectivity index (χ1) is 13.2. The molecule has 0 unspecified atom stereocenters. The molecule has 150 valence electrons. The highest BCUT2D eigenvalue weighted by Crippen LogP contribution is 2.24. The van der Waals surface area contributed by atoms with E-state index in [0.29, 0.717) is 6.04 Å². The van der Waals surface area contributed by atoms with E-state index in [2.05, 4.69) is 52.2 Å². The van der Waals surface area contributed by atoms with Gasteiger partial charge in [-0.05, 0) is 39.7 Å². The molecular weight excluding hydrogens is 350 g/mol. The molecule has 1 aromatic heterocycles. The van der Waals surface area contributed by atoms with Crippen molar-refractivity contribution >= 4 is 11.7 Å². The molecule has 1 saturated heterocycles. The molecule has 6 nitrogen and oxygen atoms in total. The number of benzene rings is 1. The molecule has 1 N–H and O–H groups in total. The van der Waals surface area contributed by atoms with Crippen molar-refractivity contribution in [2.24, 2.45) is 0 Å². The van der Waals surface area contributed by atoms with E-state index in [0.717, 1.165) is 43.1 Å². The molecule has 1 aliphatic heterocycles. The molecule has 6 heteroatoms. The molecule has 0 aliphatic carbocycles. The van der Waals surface area contributed by atoms with Crippen molar-refractivity contribution in [1.29, 1.82) is 0 Å². The fourth-order valence-electron chi connectivity index (χ4n) is 3.77. The third kappa shape index (κ3) is 4.50. The summed E-state index contributed by atoms with van der Waals surface area (Å²) < 4.78 is 0. The van der Waals surface area contributed by atoms with Crippen LogP contribution in [-0.2, 0) is 6.54 Å². The van der Waals surface area contributed by atoms with Gasteiger partial charge in [0.25, 0.3) is 5.91 Å². The minimum Gasteiger partial charge on any atom is -0.355 e. The summed E-state index contributed by atoms with van der Waals surface area (Å²) in [6.07, 6.45) is 1.06. The molecule has 0 saturated carbocycles. The first-order valence-electron chi connectivity index (χ1n) is 9.87. The summed E-state index contributed by atoms with van der Waals surface area (Å²) in [5, 5.41) is 3.68. The van der Waals surface area contributed by atoms with Crippen molar-refractivity contribution < 1.29 is 4.79 Å². The van der Waals surface area contributed by atoms with Gasteiger partial charge in [-0.3, -0.25) is 4.79 Å². The number of amides is 1. The molecule has 1 amide bonds. The SMILES string of the molecule is Cc1cc(C)cc(CN[C@@H]2CCN(c3nc(C(=O)N(C)C)nc(C)c3C)C2)c1. The number of carbonyl (C=O) groups excluding carboxylic acids is 1. The molecule has 28 heavy (non-hydrogen) atoms. The molecule has 0 bridgehead atoms. The molecule has 2 aromatic rings. The average molecular weight is 382 g/mol. The Hall–Kier alpha value is -2.47. The Morgan fingerprint density at radius 2 is 1.82 bits per heavy atom. The summed E-state index contributed by atoms with van der Waals surface area (Å²) in [7, 11) is 3.45. The molecule has 0 radical (unpaired) electrons. The van der Waals surface area contributed by atoms with E-state index >= 15 is 0 Å². The lowest BCUT2D eigenvalue weighted by Gasteiger charge is -2.22. The summed E-state index contributed by atoms with van der Waals surface area (Å²) >= 11 is 0. The smallest absolute Gasteiger partial charge is 0.291 e. The van der Waals surface area contributed by atoms with Crippen LogP contribution in [0, 0.1) is 27.7 Å². The van der Waals surface area contributed by atoms with Gasteiger partial charge in [-0.1, -0.05) is 29.3 Å². The van der Waals surface area contributed by atoms with E-state index in [1.165, 1.54) is 21.6 Å². The first-order valence-corrected chi connectivity index (χ1v) is 9.87. The summed E-state index contributed by atoms with van der Waals surface area (Å²) in [5.74, 6) is 0.996. The third-order valence-electron chi connectivity index (χ3n) is 5.33. The van der Waals surface area contributed by atoms with Gasteiger partial charge in [-0.15, -0.1) is 0 Å². The van der Waals surface area contributed by atoms with Gasteiger partial charge < -0.3 is 15.1 Å². The van der Waals surface area contributed by atoms with Gasteiger partial charge in [0.05, 0.1) is 0 Å². The zero-order valence-electron chi connectivity index (χ0n) is 17.8. The van der Waals surface area contributed by atoms with Gasteiger partial charge in [0.1, 0.15) is 5.82 Å². The second kappa shape index (κ2) is 8.27. The van der Waals surface area contributed by atoms with Gasteiger partial charge in [0.2, 0.25) is 5.82 Å². The number of carbonyl (C=O) groups is 1. The predicted octanol–water partition coefficient (Wildman–Crippen LogP) is 2.78. The molecule has 2 heterocycles. The van der Waals surface area contributed by atoms with Crippen LogP contribution in [0.3, 0.4) is 0 Å². The number of anilines is 1. The highest BCUT2D eigenvalue weighted by Gasteiger charge is 2.26. The van der Waals surface area contributed by atoms with Gasteiger partial charge in [-0.2, -0.15) is 0 Å². The normalized spacial score (nSPS) is 16.5. The van der Waals surface area contributed by atoms with Crippen molar-refractivity contribution in [2.45, 2.75) is 46.7 Å². The van der Waals surface area contributed by atoms with Crippen LogP contribution in [0.4, 0.5) is 5.82 Å². The number of nitrogens with one attached hydrogen (secondary N) is 1. The fourth-order valence-corrected chi connectivity index (χ4v) is 3.77. The number of hydrogen-bond acceptors (Lipinski definition) is 5. The first kappa shape index (κ1) is 20.3. The molecular formula is C22H31N5O. The Morgan fingerprint density at radius 1 is 1.14 bits per heavy atom. The van der Waals surface area contributed by atoms with Crippen molar-refractivity contribution in [3.8, 4) is 0 Å². The van der Waals surface area contributed by atoms with Crippen molar-refractivity contribution in [3.63, 3.8) is 0 Å². The number of aromatic nitrogens is 2. The van der Waals surface area contributed by atoms with Gasteiger partial charge >= 0.3 is 0 Å². The number of nitrogens with zero attached hydrogens (tertiary/aromatic N) is 4. The zero-order valence-corrected chi connectivity index (χ0v) is 17.8. The second-order valence-electron chi connectivity index (χ2n) is 8.09. The zero-order chi connectivity index (χ0) is 20.4. The number of aryl methyl sites for hydroxylation is 3. The minimum atomic E-state index is -0.159. The summed E-state index contributed by atoms with van der Waals surface area (Å²) in [4.78, 5) is 25.1. The van der Waals surface area contributed by atoms with E-state index in [4.69, 9.17) is 0 Å². The van der Waals surface area contributed by atoms with Crippen LogP contribution in [0.2, 0.25) is 0 Å². The quantitative estimate of drug-likeness (QED) is 0.863. The van der Waals surface area contributed by atoms with Gasteiger partial charge in [0, 0.05) is 51.0 Å². The minimum absolute atomic E-state index is 0.159. The highest BCUT2D eigenvalue weighted by atomic mass is 16.2. The molecule has 1 atom stereocenters. The van der Waals surface area contributed by atoms with E-state index in [1.54, 1.807) is 14.1 Å². The maximum Gasteiger partial charge on any atom is 0.291 e. The second-order valence-corrected chi connectivity index (χ2v) is 8.09. The van der Waals surface area contributed by atoms with Crippen molar-refractivity contribution in [3.05, 3.63) is 52.0 Å². The van der Waals surface area contributed by atoms with E-state index < -0.39 is 0 Å². The molecule has 1 aromatic carbocycles. The fraction of sp³-hybridized carbons (Fsp3) is 0.500. The number of hydrogen-bond donors (Lipinski definition) is 1. The van der Waals surface area contributed by atoms with E-state index in [-0.39, 0.29) is 11.7 Å². The molecule has 3 rings (SSSR count). The van der Waals surface area contributed by atoms with Crippen LogP contribution in [0.25, 0.3) is 0 Å². The van der Waals surface area contributed by atoms with Crippen molar-refractivity contribution in [1.82, 2.24) is 20.2 Å². The lowest BCUT2D eigenvalue weighted by Crippen LogP contribution is -2.33. The Kier molecular flexibility index (Phi) is 5.98. The Labute approximate surface area is 168 Å². The number of rotatable bonds is 5. The van der Waals surface area contributed by atoms with Crippen LogP contribution in [0.15, 0.2) is 18.2 Å². The van der Waals surface area contributed by atoms with Crippen LogP contribution in [0.1, 0.15) is 45.0 Å². The van der Waals surface area contributed by atoms with Gasteiger partial charge in [0.15, 0.2) is 0 Å². The van der Waals surface area contributed by atoms with E-state index in [9.17, 15) is 4.79 Å². The van der Waals surface area contributed by atoms with Gasteiger partial charge in [-0.25, -0.2) is 9.97 Å². The van der Waals surface area contributed by atoms with Crippen LogP contribution < -0.4 is 10.2 Å². The van der Waals surface area contributed by atoms with Crippen LogP contribution in [-0.4, -0.2) is 54.0 Å². The van der Waals surface area contributed by atoms with Crippen LogP contribution in [0.5, 0.6) is 0 Å². The molecule has 1 aliphatic rings. The summed E-state index contributed by atoms with van der Waals surface area (Å²) in [6.45, 7) is 10.9. The third-order valence-corrected chi connectivity index (χ3v) is 5.33. The maximum absolute atomic E-state index is 12.3. The lowest BCUT2D eigenvalue weighted by molar-refractivity contribution is 0.0815. The standard InChI is InChI=1S/C22H31N5O/c1-14-9-15(2)11-18(10-14)12-23-19-7-8-27(13-19)21-16(3)17(4)24-20(25-21)22(28)26(5)6/h9-11,19,23H,7-8,12-13H2,1-6H3/t19-/m1/s1. The topological polar surface area (TPSA) is 61.4 Å². The Morgan fingerprint density at radius 3 is 2.46 bits per heavy atom. The molecule has 0 spiro atoms. The van der Waals surface area contributed by atoms with E-state index in [1.807, 2.05) is 13.8 Å². The monoisotopic (exact) mass is 381 g/mol. The predicted molar refractivity (Wildman–Crippen MR) is 113 cm³/mol. The Bertz CT molecular complexity index is 857. The largest absolute Gasteiger partial charge is 0.355 e.